The molecule has 0 radical (unpaired) electrons. The Balaban J connectivity index is 1.87. The molecule has 6 heteroatoms. The molecule has 0 saturated carbocycles. The Morgan fingerprint density at radius 1 is 1.32 bits per heavy atom. The number of nitrogens with zero attached hydrogens (tertiary/aromatic N) is 3. The maximum absolute atomic E-state index is 12.1. The molecule has 96 valence electrons. The fourth-order valence-electron chi connectivity index (χ4n) is 1.73. The van der Waals surface area contributed by atoms with Crippen LogP contribution < -0.4 is 5.32 Å². The Morgan fingerprint density at radius 3 is 2.84 bits per heavy atom. The molecule has 0 fully saturated rings. The highest BCUT2D eigenvalue weighted by Gasteiger charge is 2.13. The van der Waals surface area contributed by atoms with Gasteiger partial charge < -0.3 is 4.40 Å². The van der Waals surface area contributed by atoms with E-state index in [4.69, 9.17) is 0 Å². The molecule has 0 bridgehead atoms. The quantitative estimate of drug-likeness (QED) is 0.780. The summed E-state index contributed by atoms with van der Waals surface area (Å²) in [4.78, 5) is 21.7. The van der Waals surface area contributed by atoms with Crippen LogP contribution in [-0.2, 0) is 0 Å². The molecule has 1 amide bonds. The van der Waals surface area contributed by atoms with Crippen LogP contribution in [0.1, 0.15) is 21.1 Å². The van der Waals surface area contributed by atoms with Crippen LogP contribution in [0.5, 0.6) is 0 Å². The molecule has 0 spiro atoms. The summed E-state index contributed by atoms with van der Waals surface area (Å²) in [5, 5.41) is 3.38. The van der Waals surface area contributed by atoms with E-state index in [-0.39, 0.29) is 5.91 Å². The molecule has 3 heterocycles. The second kappa shape index (κ2) is 4.47. The number of aryl methyl sites for hydroxylation is 2. The van der Waals surface area contributed by atoms with Crippen molar-refractivity contribution in [2.45, 2.75) is 13.8 Å². The number of aromatic nitrogens is 3. The zero-order chi connectivity index (χ0) is 13.4. The number of hydrogen-bond acceptors (Lipinski definition) is 4. The molecule has 3 aromatic rings. The number of carbonyl (C=O) groups is 1. The van der Waals surface area contributed by atoms with Crippen molar-refractivity contribution in [3.63, 3.8) is 0 Å². The van der Waals surface area contributed by atoms with Gasteiger partial charge in [0.05, 0.1) is 5.69 Å². The number of nitrogens with one attached hydrogen (secondary N) is 1. The number of rotatable bonds is 2. The lowest BCUT2D eigenvalue weighted by molar-refractivity contribution is 0.102. The number of carbonyl (C=O) groups excluding carboxylic acids is 1. The lowest BCUT2D eigenvalue weighted by atomic mass is 10.4. The van der Waals surface area contributed by atoms with E-state index in [1.807, 2.05) is 42.6 Å². The first-order chi connectivity index (χ1) is 9.13. The molecule has 0 atom stereocenters. The van der Waals surface area contributed by atoms with Crippen LogP contribution >= 0.6 is 11.3 Å². The second-order valence-corrected chi connectivity index (χ2v) is 5.41. The summed E-state index contributed by atoms with van der Waals surface area (Å²) in [5.41, 5.74) is 2.08. The van der Waals surface area contributed by atoms with Crippen LogP contribution in [0.2, 0.25) is 0 Å². The first-order valence-corrected chi connectivity index (χ1v) is 6.64. The topological polar surface area (TPSA) is 59.3 Å². The summed E-state index contributed by atoms with van der Waals surface area (Å²) in [5.74, 6) is -0.238. The van der Waals surface area contributed by atoms with Gasteiger partial charge >= 0.3 is 0 Å². The Morgan fingerprint density at radius 2 is 2.16 bits per heavy atom. The summed E-state index contributed by atoms with van der Waals surface area (Å²) < 4.78 is 1.81. The minimum absolute atomic E-state index is 0.238. The van der Waals surface area contributed by atoms with Crippen LogP contribution in [-0.4, -0.2) is 20.3 Å². The first-order valence-electron chi connectivity index (χ1n) is 5.82. The van der Waals surface area contributed by atoms with Gasteiger partial charge in [0.25, 0.3) is 5.91 Å². The molecular weight excluding hydrogens is 260 g/mol. The van der Waals surface area contributed by atoms with E-state index in [9.17, 15) is 4.79 Å². The first kappa shape index (κ1) is 11.9. The Kier molecular flexibility index (Phi) is 2.79. The highest BCUT2D eigenvalue weighted by atomic mass is 32.1. The molecule has 1 N–H and O–H groups in total. The molecule has 0 unspecified atom stereocenters. The van der Waals surface area contributed by atoms with Crippen molar-refractivity contribution in [1.82, 2.24) is 14.4 Å². The van der Waals surface area contributed by atoms with Gasteiger partial charge in [0.2, 0.25) is 0 Å². The zero-order valence-corrected chi connectivity index (χ0v) is 11.4. The van der Waals surface area contributed by atoms with Crippen molar-refractivity contribution in [2.75, 3.05) is 5.32 Å². The van der Waals surface area contributed by atoms with Crippen molar-refractivity contribution in [1.29, 1.82) is 0 Å². The summed E-state index contributed by atoms with van der Waals surface area (Å²) >= 11 is 1.47. The number of hydrogen-bond donors (Lipinski definition) is 1. The molecule has 0 aliphatic rings. The number of fused-ring (bicyclic) bond motifs is 1. The van der Waals surface area contributed by atoms with E-state index in [0.717, 1.165) is 16.2 Å². The van der Waals surface area contributed by atoms with E-state index in [2.05, 4.69) is 15.3 Å². The number of anilines is 1. The zero-order valence-electron chi connectivity index (χ0n) is 10.5. The monoisotopic (exact) mass is 272 g/mol. The Hall–Kier alpha value is -2.21. The van der Waals surface area contributed by atoms with Crippen molar-refractivity contribution < 1.29 is 4.79 Å². The van der Waals surface area contributed by atoms with Crippen LogP contribution in [0.15, 0.2) is 30.6 Å². The summed E-state index contributed by atoms with van der Waals surface area (Å²) in [7, 11) is 0. The van der Waals surface area contributed by atoms with Crippen molar-refractivity contribution in [2.24, 2.45) is 0 Å². The normalized spacial score (nSPS) is 10.8. The third kappa shape index (κ3) is 2.22. The fourth-order valence-corrected chi connectivity index (χ4v) is 2.54. The lowest BCUT2D eigenvalue weighted by Gasteiger charge is -1.96. The highest BCUT2D eigenvalue weighted by molar-refractivity contribution is 7.15. The summed E-state index contributed by atoms with van der Waals surface area (Å²) in [6.07, 6.45) is 3.56. The maximum atomic E-state index is 12.1. The molecule has 0 aromatic carbocycles. The van der Waals surface area contributed by atoms with Gasteiger partial charge in [-0.25, -0.2) is 9.97 Å². The predicted molar refractivity (Wildman–Crippen MR) is 74.7 cm³/mol. The number of amides is 1. The van der Waals surface area contributed by atoms with Gasteiger partial charge in [0, 0.05) is 17.3 Å². The van der Waals surface area contributed by atoms with Crippen LogP contribution in [0.4, 0.5) is 5.13 Å². The molecule has 0 aliphatic carbocycles. The van der Waals surface area contributed by atoms with Gasteiger partial charge in [0.1, 0.15) is 11.3 Å². The molecule has 0 saturated heterocycles. The van der Waals surface area contributed by atoms with E-state index in [1.54, 1.807) is 6.20 Å². The van der Waals surface area contributed by atoms with Gasteiger partial charge in [-0.05, 0) is 26.0 Å². The van der Waals surface area contributed by atoms with Gasteiger partial charge in [-0.1, -0.05) is 6.07 Å². The minimum Gasteiger partial charge on any atom is -0.306 e. The smallest absolute Gasteiger partial charge is 0.277 e. The van der Waals surface area contributed by atoms with E-state index < -0.39 is 0 Å². The van der Waals surface area contributed by atoms with Crippen LogP contribution in [0.3, 0.4) is 0 Å². The predicted octanol–water partition coefficient (Wildman–Crippen LogP) is 2.66. The number of imidazole rings is 1. The van der Waals surface area contributed by atoms with Crippen molar-refractivity contribution in [3.8, 4) is 0 Å². The van der Waals surface area contributed by atoms with E-state index in [1.165, 1.54) is 11.3 Å². The van der Waals surface area contributed by atoms with Gasteiger partial charge in [-0.2, -0.15) is 0 Å². The van der Waals surface area contributed by atoms with Crippen molar-refractivity contribution in [3.05, 3.63) is 46.9 Å². The summed E-state index contributed by atoms with van der Waals surface area (Å²) in [6.45, 7) is 3.90. The standard InChI is InChI=1S/C13H12N4OS/c1-8-9(2)19-13(14-8)16-12(18)10-7-17-6-4-3-5-11(17)15-10/h3-7H,1-2H3,(H,14,16,18). The SMILES string of the molecule is Cc1nc(NC(=O)c2cn3ccccc3n2)sc1C. The maximum Gasteiger partial charge on any atom is 0.277 e. The number of pyridine rings is 1. The van der Waals surface area contributed by atoms with E-state index >= 15 is 0 Å². The van der Waals surface area contributed by atoms with Crippen molar-refractivity contribution >= 4 is 28.0 Å². The Labute approximate surface area is 113 Å². The fraction of sp³-hybridized carbons (Fsp3) is 0.154. The second-order valence-electron chi connectivity index (χ2n) is 4.21. The molecule has 3 rings (SSSR count). The summed E-state index contributed by atoms with van der Waals surface area (Å²) in [6, 6.07) is 5.63. The van der Waals surface area contributed by atoms with E-state index in [0.29, 0.717) is 10.8 Å². The van der Waals surface area contributed by atoms with Gasteiger partial charge in [0.15, 0.2) is 5.13 Å². The van der Waals surface area contributed by atoms with Crippen LogP contribution in [0.25, 0.3) is 5.65 Å². The lowest BCUT2D eigenvalue weighted by Crippen LogP contribution is -2.12. The number of thiazole rings is 1. The van der Waals surface area contributed by atoms with Gasteiger partial charge in [-0.3, -0.25) is 10.1 Å². The molecule has 0 aliphatic heterocycles. The van der Waals surface area contributed by atoms with Gasteiger partial charge in [-0.15, -0.1) is 11.3 Å². The molecular formula is C13H12N4OS. The average Bonchev–Trinajstić information content (AvgIpc) is 2.93. The molecule has 3 aromatic heterocycles. The average molecular weight is 272 g/mol. The molecule has 19 heavy (non-hydrogen) atoms. The van der Waals surface area contributed by atoms with Crippen LogP contribution in [0, 0.1) is 13.8 Å². The molecule has 5 nitrogen and oxygen atoms in total. The third-order valence-corrected chi connectivity index (χ3v) is 3.83. The third-order valence-electron chi connectivity index (χ3n) is 2.85. The Bertz CT molecular complexity index is 706. The highest BCUT2D eigenvalue weighted by Crippen LogP contribution is 2.21. The largest absolute Gasteiger partial charge is 0.306 e. The minimum atomic E-state index is -0.238.